The van der Waals surface area contributed by atoms with Crippen LogP contribution in [-0.2, 0) is 13.1 Å². The maximum atomic E-state index is 12.6. The molecule has 0 amide bonds. The number of imidazole rings is 1. The van der Waals surface area contributed by atoms with E-state index in [0.717, 1.165) is 22.4 Å². The van der Waals surface area contributed by atoms with Crippen LogP contribution in [0.1, 0.15) is 12.7 Å². The highest BCUT2D eigenvalue weighted by Crippen LogP contribution is 2.17. The molecular formula is C19H18ClN5O. The number of aromatic amines is 1. The lowest BCUT2D eigenvalue weighted by Gasteiger charge is -2.14. The van der Waals surface area contributed by atoms with E-state index in [-0.39, 0.29) is 11.6 Å². The van der Waals surface area contributed by atoms with Crippen LogP contribution in [0, 0.1) is 0 Å². The fraction of sp³-hybridized carbons (Fsp3) is 0.211. The van der Waals surface area contributed by atoms with Gasteiger partial charge in [0.25, 0.3) is 5.56 Å². The third-order valence-corrected chi connectivity index (χ3v) is 4.55. The van der Waals surface area contributed by atoms with E-state index in [2.05, 4.69) is 20.3 Å². The Morgan fingerprint density at radius 3 is 2.96 bits per heavy atom. The average Bonchev–Trinajstić information content (AvgIpc) is 3.04. The minimum Gasteiger partial charge on any atom is -0.341 e. The number of benzene rings is 2. The predicted molar refractivity (Wildman–Crippen MR) is 103 cm³/mol. The summed E-state index contributed by atoms with van der Waals surface area (Å²) in [5, 5.41) is 4.70. The Morgan fingerprint density at radius 1 is 1.23 bits per heavy atom. The second kappa shape index (κ2) is 6.90. The second-order valence-electron chi connectivity index (χ2n) is 6.35. The number of aromatic nitrogens is 4. The predicted octanol–water partition coefficient (Wildman–Crippen LogP) is 3.10. The average molecular weight is 368 g/mol. The standard InChI is InChI=1S/C19H18ClN5O/c1-12(10-25-11-22-15-5-3-2-4-14(15)19(25)26)21-9-18-23-16-7-6-13(20)8-17(16)24-18/h2-8,11-12,21H,9-10H2,1H3,(H,23,24)/t12-/m1/s1. The maximum Gasteiger partial charge on any atom is 0.261 e. The molecule has 0 spiro atoms. The van der Waals surface area contributed by atoms with E-state index in [0.29, 0.717) is 23.5 Å². The molecule has 2 heterocycles. The number of nitrogens with zero attached hydrogens (tertiary/aromatic N) is 3. The summed E-state index contributed by atoms with van der Waals surface area (Å²) in [6.45, 7) is 3.13. The molecule has 2 aromatic heterocycles. The van der Waals surface area contributed by atoms with Crippen molar-refractivity contribution in [2.24, 2.45) is 0 Å². The first kappa shape index (κ1) is 16.8. The lowest BCUT2D eigenvalue weighted by Crippen LogP contribution is -2.34. The van der Waals surface area contributed by atoms with Crippen LogP contribution in [0.3, 0.4) is 0 Å². The van der Waals surface area contributed by atoms with Crippen molar-refractivity contribution in [1.82, 2.24) is 24.8 Å². The van der Waals surface area contributed by atoms with Crippen molar-refractivity contribution >= 4 is 33.5 Å². The highest BCUT2D eigenvalue weighted by Gasteiger charge is 2.09. The van der Waals surface area contributed by atoms with Gasteiger partial charge in [0.2, 0.25) is 0 Å². The van der Waals surface area contributed by atoms with Gasteiger partial charge in [0.15, 0.2) is 0 Å². The van der Waals surface area contributed by atoms with Gasteiger partial charge in [0.05, 0.1) is 34.8 Å². The van der Waals surface area contributed by atoms with Crippen LogP contribution in [0.15, 0.2) is 53.6 Å². The summed E-state index contributed by atoms with van der Waals surface area (Å²) in [7, 11) is 0. The number of H-pyrrole nitrogens is 1. The van der Waals surface area contributed by atoms with Crippen molar-refractivity contribution in [2.75, 3.05) is 0 Å². The molecule has 2 aromatic carbocycles. The normalized spacial score (nSPS) is 12.7. The van der Waals surface area contributed by atoms with E-state index in [4.69, 9.17) is 11.6 Å². The number of nitrogens with one attached hydrogen (secondary N) is 2. The largest absolute Gasteiger partial charge is 0.341 e. The molecule has 6 nitrogen and oxygen atoms in total. The van der Waals surface area contributed by atoms with Gasteiger partial charge in [-0.3, -0.25) is 9.36 Å². The molecule has 0 saturated carbocycles. The third-order valence-electron chi connectivity index (χ3n) is 4.31. The zero-order valence-corrected chi connectivity index (χ0v) is 15.0. The summed E-state index contributed by atoms with van der Waals surface area (Å²) in [5.41, 5.74) is 2.49. The van der Waals surface area contributed by atoms with Crippen molar-refractivity contribution in [1.29, 1.82) is 0 Å². The molecule has 0 unspecified atom stereocenters. The Balaban J connectivity index is 1.46. The zero-order chi connectivity index (χ0) is 18.1. The van der Waals surface area contributed by atoms with Gasteiger partial charge in [0.1, 0.15) is 5.82 Å². The fourth-order valence-corrected chi connectivity index (χ4v) is 3.16. The molecule has 4 rings (SSSR count). The minimum atomic E-state index is -0.0253. The topological polar surface area (TPSA) is 75.6 Å². The van der Waals surface area contributed by atoms with Crippen LogP contribution in [0.25, 0.3) is 21.9 Å². The summed E-state index contributed by atoms with van der Waals surface area (Å²) in [5.74, 6) is 0.832. The first-order valence-electron chi connectivity index (χ1n) is 8.42. The minimum absolute atomic E-state index is 0.0253. The van der Waals surface area contributed by atoms with Crippen LogP contribution in [0.5, 0.6) is 0 Å². The maximum absolute atomic E-state index is 12.6. The lowest BCUT2D eigenvalue weighted by molar-refractivity contribution is 0.462. The van der Waals surface area contributed by atoms with Crippen LogP contribution in [0.2, 0.25) is 5.02 Å². The molecule has 0 bridgehead atoms. The van der Waals surface area contributed by atoms with Gasteiger partial charge in [-0.1, -0.05) is 23.7 Å². The molecule has 26 heavy (non-hydrogen) atoms. The van der Waals surface area contributed by atoms with E-state index in [1.807, 2.05) is 43.3 Å². The van der Waals surface area contributed by atoms with Crippen molar-refractivity contribution in [2.45, 2.75) is 26.1 Å². The second-order valence-corrected chi connectivity index (χ2v) is 6.78. The monoisotopic (exact) mass is 367 g/mol. The van der Waals surface area contributed by atoms with E-state index in [1.165, 1.54) is 0 Å². The van der Waals surface area contributed by atoms with Crippen molar-refractivity contribution in [3.63, 3.8) is 0 Å². The lowest BCUT2D eigenvalue weighted by atomic mass is 10.2. The molecule has 0 aliphatic rings. The Bertz CT molecular complexity index is 1130. The number of para-hydroxylation sites is 1. The van der Waals surface area contributed by atoms with Crippen LogP contribution >= 0.6 is 11.6 Å². The van der Waals surface area contributed by atoms with Crippen molar-refractivity contribution in [3.05, 3.63) is 70.0 Å². The SMILES string of the molecule is C[C@H](Cn1cnc2ccccc2c1=O)NCc1nc2ccc(Cl)cc2[nH]1. The van der Waals surface area contributed by atoms with Crippen molar-refractivity contribution in [3.8, 4) is 0 Å². The van der Waals surface area contributed by atoms with Crippen molar-refractivity contribution < 1.29 is 0 Å². The summed E-state index contributed by atoms with van der Waals surface area (Å²) in [4.78, 5) is 24.7. The molecule has 0 radical (unpaired) electrons. The molecule has 132 valence electrons. The van der Waals surface area contributed by atoms with Gasteiger partial charge in [-0.2, -0.15) is 0 Å². The number of rotatable bonds is 5. The van der Waals surface area contributed by atoms with E-state index in [1.54, 1.807) is 17.0 Å². The number of hydrogen-bond acceptors (Lipinski definition) is 4. The molecular weight excluding hydrogens is 350 g/mol. The first-order valence-corrected chi connectivity index (χ1v) is 8.79. The molecule has 0 aliphatic heterocycles. The third kappa shape index (κ3) is 3.34. The van der Waals surface area contributed by atoms with Gasteiger partial charge < -0.3 is 10.3 Å². The molecule has 4 aromatic rings. The zero-order valence-electron chi connectivity index (χ0n) is 14.2. The Morgan fingerprint density at radius 2 is 2.08 bits per heavy atom. The number of fused-ring (bicyclic) bond motifs is 2. The highest BCUT2D eigenvalue weighted by molar-refractivity contribution is 6.31. The smallest absolute Gasteiger partial charge is 0.261 e. The van der Waals surface area contributed by atoms with Crippen LogP contribution in [0.4, 0.5) is 0 Å². The highest BCUT2D eigenvalue weighted by atomic mass is 35.5. The first-order chi connectivity index (χ1) is 12.6. The van der Waals surface area contributed by atoms with Gasteiger partial charge in [0, 0.05) is 17.6 Å². The van der Waals surface area contributed by atoms with Gasteiger partial charge >= 0.3 is 0 Å². The van der Waals surface area contributed by atoms with E-state index >= 15 is 0 Å². The molecule has 0 fully saturated rings. The Hall–Kier alpha value is -2.70. The van der Waals surface area contributed by atoms with Crippen LogP contribution < -0.4 is 10.9 Å². The quantitative estimate of drug-likeness (QED) is 0.568. The Kier molecular flexibility index (Phi) is 4.44. The van der Waals surface area contributed by atoms with Gasteiger partial charge in [-0.25, -0.2) is 9.97 Å². The molecule has 2 N–H and O–H groups in total. The van der Waals surface area contributed by atoms with Gasteiger partial charge in [-0.05, 0) is 37.3 Å². The molecule has 7 heteroatoms. The van der Waals surface area contributed by atoms with Crippen LogP contribution in [-0.4, -0.2) is 25.6 Å². The molecule has 0 aliphatic carbocycles. The summed E-state index contributed by atoms with van der Waals surface area (Å²) >= 11 is 6.00. The Labute approximate surface area is 154 Å². The number of halogens is 1. The molecule has 0 saturated heterocycles. The fourth-order valence-electron chi connectivity index (χ4n) is 2.99. The summed E-state index contributed by atoms with van der Waals surface area (Å²) in [6, 6.07) is 13.0. The number of hydrogen-bond donors (Lipinski definition) is 2. The van der Waals surface area contributed by atoms with E-state index < -0.39 is 0 Å². The summed E-state index contributed by atoms with van der Waals surface area (Å²) < 4.78 is 1.64. The van der Waals surface area contributed by atoms with E-state index in [9.17, 15) is 4.79 Å². The van der Waals surface area contributed by atoms with Gasteiger partial charge in [-0.15, -0.1) is 0 Å². The molecule has 1 atom stereocenters. The summed E-state index contributed by atoms with van der Waals surface area (Å²) in [6.07, 6.45) is 1.60.